The van der Waals surface area contributed by atoms with Crippen molar-refractivity contribution >= 4 is 11.7 Å². The molecule has 0 heterocycles. The minimum Gasteiger partial charge on any atom is -0.456 e. The van der Waals surface area contributed by atoms with Gasteiger partial charge >= 0.3 is 0 Å². The Kier molecular flexibility index (Phi) is 3.79. The fourth-order valence-corrected chi connectivity index (χ4v) is 1.81. The van der Waals surface area contributed by atoms with Gasteiger partial charge in [0.25, 0.3) is 5.91 Å². The molecule has 2 N–H and O–H groups in total. The van der Waals surface area contributed by atoms with Crippen molar-refractivity contribution in [2.24, 2.45) is 5.73 Å². The van der Waals surface area contributed by atoms with E-state index < -0.39 is 17.5 Å². The van der Waals surface area contributed by atoms with E-state index in [1.807, 2.05) is 0 Å². The van der Waals surface area contributed by atoms with Crippen molar-refractivity contribution in [3.8, 4) is 11.5 Å². The van der Waals surface area contributed by atoms with Gasteiger partial charge in [-0.1, -0.05) is 18.2 Å². The summed E-state index contributed by atoms with van der Waals surface area (Å²) in [6.45, 7) is 1.24. The van der Waals surface area contributed by atoms with Crippen LogP contribution in [0, 0.1) is 5.82 Å². The Bertz CT molecular complexity index is 683. The maximum Gasteiger partial charge on any atom is 0.252 e. The molecule has 0 spiro atoms. The number of nitrogens with two attached hydrogens (primary N) is 1. The molecule has 0 atom stereocenters. The van der Waals surface area contributed by atoms with E-state index in [4.69, 9.17) is 10.5 Å². The third-order valence-electron chi connectivity index (χ3n) is 2.70. The van der Waals surface area contributed by atoms with Crippen LogP contribution in [0.25, 0.3) is 0 Å². The maximum absolute atomic E-state index is 13.7. The minimum absolute atomic E-state index is 0.0474. The van der Waals surface area contributed by atoms with Crippen LogP contribution >= 0.6 is 0 Å². The lowest BCUT2D eigenvalue weighted by Crippen LogP contribution is -2.12. The van der Waals surface area contributed by atoms with Gasteiger partial charge in [0.05, 0.1) is 11.1 Å². The molecule has 1 amide bonds. The monoisotopic (exact) mass is 273 g/mol. The summed E-state index contributed by atoms with van der Waals surface area (Å²) in [7, 11) is 0. The number of ketones is 1. The zero-order valence-corrected chi connectivity index (χ0v) is 10.7. The minimum atomic E-state index is -0.674. The number of Topliss-reactive ketones (excluding diaryl/α,β-unsaturated/α-hetero) is 1. The van der Waals surface area contributed by atoms with E-state index in [0.29, 0.717) is 0 Å². The van der Waals surface area contributed by atoms with Gasteiger partial charge in [-0.15, -0.1) is 0 Å². The van der Waals surface area contributed by atoms with Gasteiger partial charge in [0, 0.05) is 0 Å². The SMILES string of the molecule is CC(=O)c1c(F)cccc1Oc1ccccc1C(N)=O. The summed E-state index contributed by atoms with van der Waals surface area (Å²) in [5.74, 6) is -1.58. The molecular formula is C15H12FNO3. The highest BCUT2D eigenvalue weighted by Gasteiger charge is 2.16. The lowest BCUT2D eigenvalue weighted by atomic mass is 10.1. The Labute approximate surface area is 115 Å². The second kappa shape index (κ2) is 5.52. The molecule has 0 fully saturated rings. The van der Waals surface area contributed by atoms with Crippen molar-refractivity contribution < 1.29 is 18.7 Å². The zero-order chi connectivity index (χ0) is 14.7. The van der Waals surface area contributed by atoms with Crippen molar-refractivity contribution in [3.05, 3.63) is 59.4 Å². The molecule has 0 radical (unpaired) electrons. The molecular weight excluding hydrogens is 261 g/mol. The molecule has 4 nitrogen and oxygen atoms in total. The van der Waals surface area contributed by atoms with Crippen LogP contribution in [0.2, 0.25) is 0 Å². The molecule has 20 heavy (non-hydrogen) atoms. The smallest absolute Gasteiger partial charge is 0.252 e. The van der Waals surface area contributed by atoms with Gasteiger partial charge < -0.3 is 10.5 Å². The van der Waals surface area contributed by atoms with Crippen LogP contribution < -0.4 is 10.5 Å². The summed E-state index contributed by atoms with van der Waals surface area (Å²) in [4.78, 5) is 22.8. The largest absolute Gasteiger partial charge is 0.456 e. The van der Waals surface area contributed by atoms with Gasteiger partial charge in [-0.25, -0.2) is 4.39 Å². The second-order valence-corrected chi connectivity index (χ2v) is 4.13. The van der Waals surface area contributed by atoms with Crippen LogP contribution in [0.3, 0.4) is 0 Å². The first kappa shape index (κ1) is 13.7. The standard InChI is InChI=1S/C15H12FNO3/c1-9(18)14-11(16)6-4-8-13(14)20-12-7-3-2-5-10(12)15(17)19/h2-8H,1H3,(H2,17,19). The molecule has 2 aromatic rings. The number of ether oxygens (including phenoxy) is 1. The zero-order valence-electron chi connectivity index (χ0n) is 10.7. The van der Waals surface area contributed by atoms with E-state index in [2.05, 4.69) is 0 Å². The number of carbonyl (C=O) groups excluding carboxylic acids is 2. The first-order valence-electron chi connectivity index (χ1n) is 5.87. The average Bonchev–Trinajstić information content (AvgIpc) is 2.38. The number of hydrogen-bond acceptors (Lipinski definition) is 3. The quantitative estimate of drug-likeness (QED) is 0.871. The van der Waals surface area contributed by atoms with E-state index >= 15 is 0 Å². The Morgan fingerprint density at radius 2 is 1.70 bits per heavy atom. The van der Waals surface area contributed by atoms with Crippen LogP contribution in [0.4, 0.5) is 4.39 Å². The summed E-state index contributed by atoms with van der Waals surface area (Å²) in [6.07, 6.45) is 0. The molecule has 0 aliphatic rings. The molecule has 0 aliphatic heterocycles. The summed E-state index contributed by atoms with van der Waals surface area (Å²) in [6, 6.07) is 10.3. The second-order valence-electron chi connectivity index (χ2n) is 4.13. The molecule has 2 aromatic carbocycles. The first-order valence-corrected chi connectivity index (χ1v) is 5.87. The Morgan fingerprint density at radius 1 is 1.05 bits per heavy atom. The number of primary amides is 1. The van der Waals surface area contributed by atoms with Crippen molar-refractivity contribution in [2.75, 3.05) is 0 Å². The normalized spacial score (nSPS) is 10.1. The van der Waals surface area contributed by atoms with Crippen molar-refractivity contribution in [1.82, 2.24) is 0 Å². The van der Waals surface area contributed by atoms with Crippen LogP contribution in [-0.4, -0.2) is 11.7 Å². The third-order valence-corrected chi connectivity index (χ3v) is 2.70. The number of hydrogen-bond donors (Lipinski definition) is 1. The van der Waals surface area contributed by atoms with E-state index in [1.54, 1.807) is 12.1 Å². The molecule has 0 bridgehead atoms. The Morgan fingerprint density at radius 3 is 2.35 bits per heavy atom. The molecule has 0 aromatic heterocycles. The van der Waals surface area contributed by atoms with Gasteiger partial charge in [-0.05, 0) is 31.2 Å². The molecule has 0 unspecified atom stereocenters. The molecule has 5 heteroatoms. The van der Waals surface area contributed by atoms with Gasteiger partial charge in [0.15, 0.2) is 5.78 Å². The molecule has 0 saturated carbocycles. The van der Waals surface area contributed by atoms with Gasteiger partial charge in [0.2, 0.25) is 0 Å². The maximum atomic E-state index is 13.7. The highest BCUT2D eigenvalue weighted by molar-refractivity contribution is 5.98. The highest BCUT2D eigenvalue weighted by atomic mass is 19.1. The highest BCUT2D eigenvalue weighted by Crippen LogP contribution is 2.29. The van der Waals surface area contributed by atoms with Gasteiger partial charge in [-0.3, -0.25) is 9.59 Å². The van der Waals surface area contributed by atoms with Crippen LogP contribution in [0.5, 0.6) is 11.5 Å². The fraction of sp³-hybridized carbons (Fsp3) is 0.0667. The Balaban J connectivity index is 2.49. The topological polar surface area (TPSA) is 69.4 Å². The van der Waals surface area contributed by atoms with Gasteiger partial charge in [-0.2, -0.15) is 0 Å². The van der Waals surface area contributed by atoms with Crippen molar-refractivity contribution in [2.45, 2.75) is 6.92 Å². The molecule has 0 aliphatic carbocycles. The molecule has 0 saturated heterocycles. The summed E-state index contributed by atoms with van der Waals surface area (Å²) in [5, 5.41) is 0. The van der Waals surface area contributed by atoms with Crippen molar-refractivity contribution in [1.29, 1.82) is 0 Å². The van der Waals surface area contributed by atoms with E-state index in [1.165, 1.54) is 37.3 Å². The number of carbonyl (C=O) groups is 2. The number of halogens is 1. The van der Waals surface area contributed by atoms with E-state index in [9.17, 15) is 14.0 Å². The van der Waals surface area contributed by atoms with Crippen LogP contribution in [0.1, 0.15) is 27.6 Å². The lowest BCUT2D eigenvalue weighted by Gasteiger charge is -2.12. The first-order chi connectivity index (χ1) is 9.50. The van der Waals surface area contributed by atoms with Crippen molar-refractivity contribution in [3.63, 3.8) is 0 Å². The number of amides is 1. The fourth-order valence-electron chi connectivity index (χ4n) is 1.81. The molecule has 2 rings (SSSR count). The van der Waals surface area contributed by atoms with Crippen LogP contribution in [-0.2, 0) is 0 Å². The molecule has 102 valence electrons. The summed E-state index contributed by atoms with van der Waals surface area (Å²) >= 11 is 0. The van der Waals surface area contributed by atoms with Gasteiger partial charge in [0.1, 0.15) is 17.3 Å². The van der Waals surface area contributed by atoms with E-state index in [0.717, 1.165) is 0 Å². The predicted molar refractivity (Wildman–Crippen MR) is 71.4 cm³/mol. The summed E-state index contributed by atoms with van der Waals surface area (Å²) < 4.78 is 19.2. The number of rotatable bonds is 4. The third kappa shape index (κ3) is 2.66. The average molecular weight is 273 g/mol. The predicted octanol–water partition coefficient (Wildman–Crippen LogP) is 2.92. The summed E-state index contributed by atoms with van der Waals surface area (Å²) in [5.41, 5.74) is 5.23. The van der Waals surface area contributed by atoms with Crippen LogP contribution in [0.15, 0.2) is 42.5 Å². The lowest BCUT2D eigenvalue weighted by molar-refractivity contribution is 0.0995. The van der Waals surface area contributed by atoms with E-state index in [-0.39, 0.29) is 22.6 Å². The Hall–Kier alpha value is -2.69. The number of para-hydroxylation sites is 1. The number of benzene rings is 2.